The number of aliphatic carboxylic acids is 1. The van der Waals surface area contributed by atoms with Crippen LogP contribution in [0.2, 0.25) is 0 Å². The highest BCUT2D eigenvalue weighted by Crippen LogP contribution is 2.31. The van der Waals surface area contributed by atoms with E-state index in [1.165, 1.54) is 12.1 Å². The SMILES string of the molecule is CC(NC(=O)CCc1c(-c2ccc(F)cc2)[nH]c2ccccc12)C(C)C(=O)O. The molecule has 2 aromatic carbocycles. The van der Waals surface area contributed by atoms with Crippen LogP contribution in [-0.2, 0) is 16.0 Å². The molecule has 28 heavy (non-hydrogen) atoms. The lowest BCUT2D eigenvalue weighted by Gasteiger charge is -2.17. The highest BCUT2D eigenvalue weighted by molar-refractivity contribution is 5.91. The molecule has 0 aliphatic heterocycles. The molecule has 0 saturated heterocycles. The number of hydrogen-bond donors (Lipinski definition) is 3. The topological polar surface area (TPSA) is 82.2 Å². The van der Waals surface area contributed by atoms with Crippen LogP contribution < -0.4 is 5.32 Å². The molecule has 1 amide bonds. The number of benzene rings is 2. The largest absolute Gasteiger partial charge is 0.481 e. The summed E-state index contributed by atoms with van der Waals surface area (Å²) in [5, 5.41) is 12.8. The van der Waals surface area contributed by atoms with Gasteiger partial charge in [0.05, 0.1) is 5.92 Å². The Bertz CT molecular complexity index is 995. The maximum absolute atomic E-state index is 13.3. The first kappa shape index (κ1) is 19.6. The number of rotatable bonds is 7. The second-order valence-electron chi connectivity index (χ2n) is 7.01. The van der Waals surface area contributed by atoms with E-state index in [-0.39, 0.29) is 18.1 Å². The second kappa shape index (κ2) is 8.25. The van der Waals surface area contributed by atoms with E-state index in [9.17, 15) is 14.0 Å². The number of carboxylic acids is 1. The molecule has 0 radical (unpaired) electrons. The number of aromatic amines is 1. The van der Waals surface area contributed by atoms with Gasteiger partial charge in [-0.15, -0.1) is 0 Å². The zero-order chi connectivity index (χ0) is 20.3. The Balaban J connectivity index is 1.82. The van der Waals surface area contributed by atoms with Gasteiger partial charge in [0.15, 0.2) is 0 Å². The Labute approximate surface area is 162 Å². The average molecular weight is 382 g/mol. The number of carbonyl (C=O) groups is 2. The zero-order valence-corrected chi connectivity index (χ0v) is 15.8. The van der Waals surface area contributed by atoms with Crippen molar-refractivity contribution in [3.63, 3.8) is 0 Å². The Hall–Kier alpha value is -3.15. The maximum atomic E-state index is 13.3. The second-order valence-corrected chi connectivity index (χ2v) is 7.01. The molecule has 2 atom stereocenters. The predicted octanol–water partition coefficient (Wildman–Crippen LogP) is 4.13. The molecule has 6 heteroatoms. The molecule has 5 nitrogen and oxygen atoms in total. The number of halogens is 1. The number of hydrogen-bond acceptors (Lipinski definition) is 2. The summed E-state index contributed by atoms with van der Waals surface area (Å²) in [7, 11) is 0. The molecule has 146 valence electrons. The lowest BCUT2D eigenvalue weighted by atomic mass is 10.00. The number of aryl methyl sites for hydroxylation is 1. The Morgan fingerprint density at radius 1 is 1.11 bits per heavy atom. The van der Waals surface area contributed by atoms with E-state index < -0.39 is 17.9 Å². The number of carbonyl (C=O) groups excluding carboxylic acids is 1. The third-order valence-electron chi connectivity index (χ3n) is 5.08. The molecule has 0 aliphatic carbocycles. The number of aromatic nitrogens is 1. The van der Waals surface area contributed by atoms with Crippen LogP contribution in [0.5, 0.6) is 0 Å². The lowest BCUT2D eigenvalue weighted by molar-refractivity contribution is -0.142. The molecule has 2 unspecified atom stereocenters. The predicted molar refractivity (Wildman–Crippen MR) is 106 cm³/mol. The van der Waals surface area contributed by atoms with Gasteiger partial charge in [-0.25, -0.2) is 4.39 Å². The van der Waals surface area contributed by atoms with E-state index in [2.05, 4.69) is 10.3 Å². The number of nitrogens with one attached hydrogen (secondary N) is 2. The number of fused-ring (bicyclic) bond motifs is 1. The van der Waals surface area contributed by atoms with Crippen molar-refractivity contribution in [1.29, 1.82) is 0 Å². The fourth-order valence-corrected chi connectivity index (χ4v) is 3.23. The number of H-pyrrole nitrogens is 1. The highest BCUT2D eigenvalue weighted by Gasteiger charge is 2.21. The molecule has 3 aromatic rings. The summed E-state index contributed by atoms with van der Waals surface area (Å²) in [6, 6.07) is 13.6. The van der Waals surface area contributed by atoms with Gasteiger partial charge in [-0.3, -0.25) is 9.59 Å². The molecule has 1 aromatic heterocycles. The zero-order valence-electron chi connectivity index (χ0n) is 15.8. The van der Waals surface area contributed by atoms with E-state index >= 15 is 0 Å². The van der Waals surface area contributed by atoms with Crippen LogP contribution in [0.15, 0.2) is 48.5 Å². The Morgan fingerprint density at radius 3 is 2.46 bits per heavy atom. The first-order valence-electron chi connectivity index (χ1n) is 9.24. The fourth-order valence-electron chi connectivity index (χ4n) is 3.23. The van der Waals surface area contributed by atoms with Crippen molar-refractivity contribution in [2.45, 2.75) is 32.7 Å². The minimum Gasteiger partial charge on any atom is -0.481 e. The maximum Gasteiger partial charge on any atom is 0.308 e. The number of carboxylic acid groups (broad SMARTS) is 1. The summed E-state index contributed by atoms with van der Waals surface area (Å²) in [5.74, 6) is -2.10. The van der Waals surface area contributed by atoms with Gasteiger partial charge in [-0.05, 0) is 61.7 Å². The first-order chi connectivity index (χ1) is 13.4. The first-order valence-corrected chi connectivity index (χ1v) is 9.24. The monoisotopic (exact) mass is 382 g/mol. The summed E-state index contributed by atoms with van der Waals surface area (Å²) in [6.07, 6.45) is 0.712. The van der Waals surface area contributed by atoms with E-state index in [0.717, 1.165) is 27.7 Å². The molecule has 0 spiro atoms. The molecular weight excluding hydrogens is 359 g/mol. The van der Waals surface area contributed by atoms with Crippen molar-refractivity contribution in [2.75, 3.05) is 0 Å². The van der Waals surface area contributed by atoms with Gasteiger partial charge in [0, 0.05) is 29.1 Å². The molecule has 0 saturated carbocycles. The van der Waals surface area contributed by atoms with Gasteiger partial charge in [-0.1, -0.05) is 18.2 Å². The third kappa shape index (κ3) is 4.22. The minimum absolute atomic E-state index is 0.198. The summed E-state index contributed by atoms with van der Waals surface area (Å²) >= 11 is 0. The van der Waals surface area contributed by atoms with Gasteiger partial charge in [-0.2, -0.15) is 0 Å². The molecule has 1 heterocycles. The summed E-state index contributed by atoms with van der Waals surface area (Å²) in [4.78, 5) is 26.8. The van der Waals surface area contributed by atoms with Crippen molar-refractivity contribution >= 4 is 22.8 Å². The normalized spacial score (nSPS) is 13.2. The van der Waals surface area contributed by atoms with Gasteiger partial charge in [0.1, 0.15) is 5.82 Å². The smallest absolute Gasteiger partial charge is 0.308 e. The summed E-state index contributed by atoms with van der Waals surface area (Å²) in [6.45, 7) is 3.26. The minimum atomic E-state index is -0.942. The number of para-hydroxylation sites is 1. The quantitative estimate of drug-likeness (QED) is 0.575. The molecule has 3 rings (SSSR count). The van der Waals surface area contributed by atoms with Gasteiger partial charge in [0.25, 0.3) is 0 Å². The van der Waals surface area contributed by atoms with Gasteiger partial charge in [0.2, 0.25) is 5.91 Å². The summed E-state index contributed by atoms with van der Waals surface area (Å²) < 4.78 is 13.3. The van der Waals surface area contributed by atoms with Crippen molar-refractivity contribution in [3.05, 3.63) is 59.9 Å². The van der Waals surface area contributed by atoms with Crippen molar-refractivity contribution in [1.82, 2.24) is 10.3 Å². The van der Waals surface area contributed by atoms with Crippen LogP contribution in [0, 0.1) is 11.7 Å². The molecule has 3 N–H and O–H groups in total. The van der Waals surface area contributed by atoms with Crippen LogP contribution in [-0.4, -0.2) is 28.0 Å². The summed E-state index contributed by atoms with van der Waals surface area (Å²) in [5.41, 5.74) is 3.64. The van der Waals surface area contributed by atoms with Crippen LogP contribution in [0.4, 0.5) is 4.39 Å². The Kier molecular flexibility index (Phi) is 5.78. The highest BCUT2D eigenvalue weighted by atomic mass is 19.1. The van der Waals surface area contributed by atoms with Crippen molar-refractivity contribution in [2.24, 2.45) is 5.92 Å². The average Bonchev–Trinajstić information content (AvgIpc) is 3.04. The molecule has 0 aliphatic rings. The standard InChI is InChI=1S/C22H23FN2O3/c1-13(22(27)28)14(2)24-20(26)12-11-18-17-5-3-4-6-19(17)25-21(18)15-7-9-16(23)10-8-15/h3-10,13-14,25H,11-12H2,1-2H3,(H,24,26)(H,27,28). The van der Waals surface area contributed by atoms with Gasteiger partial charge < -0.3 is 15.4 Å². The number of amides is 1. The Morgan fingerprint density at radius 2 is 1.79 bits per heavy atom. The van der Waals surface area contributed by atoms with E-state index in [1.807, 2.05) is 24.3 Å². The van der Waals surface area contributed by atoms with Crippen molar-refractivity contribution in [3.8, 4) is 11.3 Å². The molecule has 0 fully saturated rings. The molecular formula is C22H23FN2O3. The van der Waals surface area contributed by atoms with Crippen LogP contribution in [0.1, 0.15) is 25.8 Å². The van der Waals surface area contributed by atoms with E-state index in [4.69, 9.17) is 5.11 Å². The van der Waals surface area contributed by atoms with E-state index in [0.29, 0.717) is 6.42 Å². The van der Waals surface area contributed by atoms with Crippen molar-refractivity contribution < 1.29 is 19.1 Å². The molecule has 0 bridgehead atoms. The lowest BCUT2D eigenvalue weighted by Crippen LogP contribution is -2.40. The van der Waals surface area contributed by atoms with Crippen LogP contribution in [0.25, 0.3) is 22.2 Å². The van der Waals surface area contributed by atoms with Gasteiger partial charge >= 0.3 is 5.97 Å². The third-order valence-corrected chi connectivity index (χ3v) is 5.08. The van der Waals surface area contributed by atoms with Crippen LogP contribution in [0.3, 0.4) is 0 Å². The fraction of sp³-hybridized carbons (Fsp3) is 0.273. The van der Waals surface area contributed by atoms with Crippen LogP contribution >= 0.6 is 0 Å². The van der Waals surface area contributed by atoms with E-state index in [1.54, 1.807) is 26.0 Å².